The van der Waals surface area contributed by atoms with Crippen molar-refractivity contribution in [2.45, 2.75) is 51.7 Å². The largest absolute Gasteiger partial charge is 0.389 e. The highest BCUT2D eigenvalue weighted by molar-refractivity contribution is 5.38. The van der Waals surface area contributed by atoms with E-state index < -0.39 is 5.60 Å². The van der Waals surface area contributed by atoms with Gasteiger partial charge in [-0.15, -0.1) is 0 Å². The third-order valence-corrected chi connectivity index (χ3v) is 4.80. The average molecular weight is 299 g/mol. The molecule has 1 heterocycles. The maximum absolute atomic E-state index is 10.2. The summed E-state index contributed by atoms with van der Waals surface area (Å²) in [6.45, 7) is 6.97. The Bertz CT molecular complexity index is 644. The number of hydrogen-bond acceptors (Lipinski definition) is 3. The van der Waals surface area contributed by atoms with Crippen LogP contribution in [0.15, 0.2) is 30.3 Å². The van der Waals surface area contributed by atoms with E-state index in [1.54, 1.807) is 0 Å². The van der Waals surface area contributed by atoms with Crippen LogP contribution in [0, 0.1) is 13.8 Å². The number of para-hydroxylation sites is 1. The SMILES string of the molecule is Cc1nn(-c2ccccc2)c(C)c1C(C)NCC1(O)CCC1. The second kappa shape index (κ2) is 5.86. The molecule has 0 bridgehead atoms. The lowest BCUT2D eigenvalue weighted by atomic mass is 9.80. The Morgan fingerprint density at radius 1 is 1.27 bits per heavy atom. The molecule has 118 valence electrons. The van der Waals surface area contributed by atoms with E-state index in [1.807, 2.05) is 22.9 Å². The molecule has 0 amide bonds. The van der Waals surface area contributed by atoms with Crippen LogP contribution >= 0.6 is 0 Å². The Hall–Kier alpha value is -1.65. The lowest BCUT2D eigenvalue weighted by molar-refractivity contribution is -0.0329. The van der Waals surface area contributed by atoms with Crippen molar-refractivity contribution in [2.24, 2.45) is 0 Å². The summed E-state index contributed by atoms with van der Waals surface area (Å²) >= 11 is 0. The molecule has 0 radical (unpaired) electrons. The molecule has 1 aliphatic carbocycles. The summed E-state index contributed by atoms with van der Waals surface area (Å²) in [6, 6.07) is 10.4. The number of benzene rings is 1. The van der Waals surface area contributed by atoms with Gasteiger partial charge in [-0.1, -0.05) is 18.2 Å². The van der Waals surface area contributed by atoms with Gasteiger partial charge in [0.25, 0.3) is 0 Å². The van der Waals surface area contributed by atoms with Gasteiger partial charge in [0.05, 0.1) is 17.0 Å². The van der Waals surface area contributed by atoms with Gasteiger partial charge in [0.2, 0.25) is 0 Å². The van der Waals surface area contributed by atoms with E-state index >= 15 is 0 Å². The molecular formula is C18H25N3O. The van der Waals surface area contributed by atoms with Crippen LogP contribution in [0.4, 0.5) is 0 Å². The first-order chi connectivity index (χ1) is 10.5. The zero-order valence-electron chi connectivity index (χ0n) is 13.6. The molecule has 4 heteroatoms. The van der Waals surface area contributed by atoms with Gasteiger partial charge in [-0.3, -0.25) is 0 Å². The van der Waals surface area contributed by atoms with E-state index in [9.17, 15) is 5.11 Å². The Labute approximate surface area is 132 Å². The molecule has 0 aliphatic heterocycles. The molecule has 0 spiro atoms. The first-order valence-corrected chi connectivity index (χ1v) is 8.07. The molecule has 1 saturated carbocycles. The standard InChI is InChI=1S/C18H25N3O/c1-13(19-12-18(22)10-7-11-18)17-14(2)20-21(15(17)3)16-8-5-4-6-9-16/h4-6,8-9,13,19,22H,7,10-12H2,1-3H3. The molecule has 1 aliphatic rings. The molecule has 1 aromatic carbocycles. The Morgan fingerprint density at radius 3 is 2.55 bits per heavy atom. The molecule has 3 rings (SSSR count). The lowest BCUT2D eigenvalue weighted by Crippen LogP contribution is -2.46. The van der Waals surface area contributed by atoms with Gasteiger partial charge in [-0.25, -0.2) is 4.68 Å². The lowest BCUT2D eigenvalue weighted by Gasteiger charge is -2.37. The number of nitrogens with zero attached hydrogens (tertiary/aromatic N) is 2. The molecule has 1 aromatic heterocycles. The van der Waals surface area contributed by atoms with Crippen molar-refractivity contribution in [3.05, 3.63) is 47.3 Å². The first kappa shape index (κ1) is 15.3. The number of aliphatic hydroxyl groups is 1. The van der Waals surface area contributed by atoms with Gasteiger partial charge in [0.15, 0.2) is 0 Å². The van der Waals surface area contributed by atoms with Crippen molar-refractivity contribution in [1.82, 2.24) is 15.1 Å². The second-order valence-corrected chi connectivity index (χ2v) is 6.51. The number of aromatic nitrogens is 2. The van der Waals surface area contributed by atoms with Crippen LogP contribution in [0.2, 0.25) is 0 Å². The normalized spacial score (nSPS) is 18.0. The average Bonchev–Trinajstić information content (AvgIpc) is 2.79. The minimum absolute atomic E-state index is 0.182. The molecule has 2 N–H and O–H groups in total. The zero-order valence-corrected chi connectivity index (χ0v) is 13.6. The summed E-state index contributed by atoms with van der Waals surface area (Å²) in [5.74, 6) is 0. The minimum atomic E-state index is -0.495. The van der Waals surface area contributed by atoms with Crippen molar-refractivity contribution < 1.29 is 5.11 Å². The number of aryl methyl sites for hydroxylation is 1. The predicted octanol–water partition coefficient (Wildman–Crippen LogP) is 3.05. The number of nitrogens with one attached hydrogen (secondary N) is 1. The summed E-state index contributed by atoms with van der Waals surface area (Å²) < 4.78 is 2.00. The van der Waals surface area contributed by atoms with Crippen LogP contribution in [0.3, 0.4) is 0 Å². The fraction of sp³-hybridized carbons (Fsp3) is 0.500. The monoisotopic (exact) mass is 299 g/mol. The fourth-order valence-electron chi connectivity index (χ4n) is 3.31. The van der Waals surface area contributed by atoms with Crippen molar-refractivity contribution >= 4 is 0 Å². The van der Waals surface area contributed by atoms with E-state index in [4.69, 9.17) is 5.10 Å². The third-order valence-electron chi connectivity index (χ3n) is 4.80. The molecular weight excluding hydrogens is 274 g/mol. The Morgan fingerprint density at radius 2 is 1.95 bits per heavy atom. The van der Waals surface area contributed by atoms with Crippen molar-refractivity contribution in [2.75, 3.05) is 6.54 Å². The number of hydrogen-bond donors (Lipinski definition) is 2. The maximum atomic E-state index is 10.2. The summed E-state index contributed by atoms with van der Waals surface area (Å²) in [6.07, 6.45) is 2.96. The second-order valence-electron chi connectivity index (χ2n) is 6.51. The Kier molecular flexibility index (Phi) is 4.06. The highest BCUT2D eigenvalue weighted by Crippen LogP contribution is 2.32. The summed E-state index contributed by atoms with van der Waals surface area (Å²) in [4.78, 5) is 0. The van der Waals surface area contributed by atoms with Gasteiger partial charge in [-0.05, 0) is 52.2 Å². The molecule has 4 nitrogen and oxygen atoms in total. The van der Waals surface area contributed by atoms with Gasteiger partial charge in [0, 0.05) is 23.8 Å². The molecule has 22 heavy (non-hydrogen) atoms. The van der Waals surface area contributed by atoms with Gasteiger partial charge >= 0.3 is 0 Å². The van der Waals surface area contributed by atoms with Gasteiger partial charge in [-0.2, -0.15) is 5.10 Å². The van der Waals surface area contributed by atoms with Crippen LogP contribution in [-0.4, -0.2) is 27.0 Å². The highest BCUT2D eigenvalue weighted by Gasteiger charge is 2.34. The summed E-state index contributed by atoms with van der Waals surface area (Å²) in [7, 11) is 0. The van der Waals surface area contributed by atoms with E-state index in [1.165, 1.54) is 5.56 Å². The number of rotatable bonds is 5. The summed E-state index contributed by atoms with van der Waals surface area (Å²) in [5.41, 5.74) is 4.02. The Balaban J connectivity index is 1.80. The zero-order chi connectivity index (χ0) is 15.7. The van der Waals surface area contributed by atoms with E-state index in [0.29, 0.717) is 6.54 Å². The van der Waals surface area contributed by atoms with Crippen LogP contribution in [0.1, 0.15) is 49.2 Å². The molecule has 1 unspecified atom stereocenters. The van der Waals surface area contributed by atoms with Crippen LogP contribution < -0.4 is 5.32 Å². The van der Waals surface area contributed by atoms with Crippen molar-refractivity contribution in [3.8, 4) is 5.69 Å². The maximum Gasteiger partial charge on any atom is 0.0771 e. The molecule has 1 atom stereocenters. The van der Waals surface area contributed by atoms with Crippen LogP contribution in [0.5, 0.6) is 0 Å². The van der Waals surface area contributed by atoms with E-state index in [-0.39, 0.29) is 6.04 Å². The topological polar surface area (TPSA) is 50.1 Å². The fourth-order valence-corrected chi connectivity index (χ4v) is 3.31. The third kappa shape index (κ3) is 2.81. The smallest absolute Gasteiger partial charge is 0.0771 e. The summed E-state index contributed by atoms with van der Waals surface area (Å²) in [5, 5.41) is 18.4. The molecule has 0 saturated heterocycles. The highest BCUT2D eigenvalue weighted by atomic mass is 16.3. The predicted molar refractivity (Wildman–Crippen MR) is 88.3 cm³/mol. The molecule has 1 fully saturated rings. The molecule has 2 aromatic rings. The van der Waals surface area contributed by atoms with E-state index in [2.05, 4.69) is 38.2 Å². The van der Waals surface area contributed by atoms with Crippen molar-refractivity contribution in [1.29, 1.82) is 0 Å². The first-order valence-electron chi connectivity index (χ1n) is 8.07. The van der Waals surface area contributed by atoms with Crippen LogP contribution in [-0.2, 0) is 0 Å². The van der Waals surface area contributed by atoms with Crippen LogP contribution in [0.25, 0.3) is 5.69 Å². The van der Waals surface area contributed by atoms with Gasteiger partial charge < -0.3 is 10.4 Å². The van der Waals surface area contributed by atoms with Crippen molar-refractivity contribution in [3.63, 3.8) is 0 Å². The van der Waals surface area contributed by atoms with Gasteiger partial charge in [0.1, 0.15) is 0 Å². The van der Waals surface area contributed by atoms with E-state index in [0.717, 1.165) is 36.3 Å². The minimum Gasteiger partial charge on any atom is -0.389 e. The quantitative estimate of drug-likeness (QED) is 0.892.